The Morgan fingerprint density at radius 2 is 1.80 bits per heavy atom. The number of nitrogens with zero attached hydrogens (tertiary/aromatic N) is 2. The van der Waals surface area contributed by atoms with Gasteiger partial charge in [0.15, 0.2) is 0 Å². The van der Waals surface area contributed by atoms with Crippen LogP contribution in [0.15, 0.2) is 65.6 Å². The standard InChI is InChI=1S/C23H23ClN4O2/c24-18-8-6-17(7-9-18)21-25-14-20(23(30)27-21)22(29)26-19-10-12-28(13-11-19)15-16-4-2-1-3-5-16/h1-9,14,19H,10-13,15H2,(H,26,29)(H,25,27,30). The Labute approximate surface area is 179 Å². The number of piperidine rings is 1. The summed E-state index contributed by atoms with van der Waals surface area (Å²) in [5.41, 5.74) is 1.60. The molecule has 0 radical (unpaired) electrons. The third kappa shape index (κ3) is 4.96. The number of carbonyl (C=O) groups excluding carboxylic acids is 1. The van der Waals surface area contributed by atoms with Crippen LogP contribution in [-0.4, -0.2) is 39.9 Å². The van der Waals surface area contributed by atoms with Gasteiger partial charge in [0.05, 0.1) is 0 Å². The predicted octanol–water partition coefficient (Wildman–Crippen LogP) is 3.48. The summed E-state index contributed by atoms with van der Waals surface area (Å²) in [5.74, 6) is 0.0235. The van der Waals surface area contributed by atoms with Gasteiger partial charge in [-0.1, -0.05) is 41.9 Å². The normalized spacial score (nSPS) is 15.1. The van der Waals surface area contributed by atoms with Crippen molar-refractivity contribution in [3.8, 4) is 11.4 Å². The summed E-state index contributed by atoms with van der Waals surface area (Å²) in [5, 5.41) is 3.59. The van der Waals surface area contributed by atoms with Gasteiger partial charge >= 0.3 is 0 Å². The van der Waals surface area contributed by atoms with E-state index in [-0.39, 0.29) is 17.5 Å². The highest BCUT2D eigenvalue weighted by molar-refractivity contribution is 6.30. The van der Waals surface area contributed by atoms with Crippen molar-refractivity contribution >= 4 is 17.5 Å². The number of hydrogen-bond acceptors (Lipinski definition) is 4. The van der Waals surface area contributed by atoms with Crippen molar-refractivity contribution in [2.75, 3.05) is 13.1 Å². The number of halogens is 1. The van der Waals surface area contributed by atoms with Crippen molar-refractivity contribution in [3.05, 3.63) is 87.3 Å². The number of hydrogen-bond donors (Lipinski definition) is 2. The molecule has 1 aliphatic heterocycles. The second kappa shape index (κ2) is 9.24. The minimum absolute atomic E-state index is 0.0272. The van der Waals surface area contributed by atoms with Crippen LogP contribution in [0.4, 0.5) is 0 Å². The molecule has 2 aromatic carbocycles. The highest BCUT2D eigenvalue weighted by Crippen LogP contribution is 2.17. The Hall–Kier alpha value is -2.96. The molecular formula is C23H23ClN4O2. The lowest BCUT2D eigenvalue weighted by molar-refractivity contribution is 0.0907. The molecule has 30 heavy (non-hydrogen) atoms. The minimum atomic E-state index is -0.450. The fraction of sp³-hybridized carbons (Fsp3) is 0.261. The van der Waals surface area contributed by atoms with Gasteiger partial charge in [0, 0.05) is 42.5 Å². The van der Waals surface area contributed by atoms with E-state index >= 15 is 0 Å². The Kier molecular flexibility index (Phi) is 6.26. The molecule has 0 saturated carbocycles. The first kappa shape index (κ1) is 20.3. The number of carbonyl (C=O) groups is 1. The van der Waals surface area contributed by atoms with E-state index in [4.69, 9.17) is 11.6 Å². The van der Waals surface area contributed by atoms with Gasteiger partial charge in [-0.2, -0.15) is 0 Å². The maximum Gasteiger partial charge on any atom is 0.264 e. The van der Waals surface area contributed by atoms with Gasteiger partial charge in [0.25, 0.3) is 11.5 Å². The van der Waals surface area contributed by atoms with Crippen LogP contribution in [0.3, 0.4) is 0 Å². The molecule has 154 valence electrons. The zero-order valence-corrected chi connectivity index (χ0v) is 17.2. The number of amides is 1. The minimum Gasteiger partial charge on any atom is -0.349 e. The summed E-state index contributed by atoms with van der Waals surface area (Å²) in [4.78, 5) is 34.3. The number of rotatable bonds is 5. The van der Waals surface area contributed by atoms with Gasteiger partial charge in [-0.3, -0.25) is 14.5 Å². The van der Waals surface area contributed by atoms with E-state index in [2.05, 4.69) is 32.3 Å². The number of nitrogens with one attached hydrogen (secondary N) is 2. The lowest BCUT2D eigenvalue weighted by Gasteiger charge is -2.32. The second-order valence-corrected chi connectivity index (χ2v) is 7.93. The maximum atomic E-state index is 12.6. The van der Waals surface area contributed by atoms with Crippen LogP contribution in [0.25, 0.3) is 11.4 Å². The van der Waals surface area contributed by atoms with Crippen molar-refractivity contribution in [3.63, 3.8) is 0 Å². The highest BCUT2D eigenvalue weighted by atomic mass is 35.5. The third-order valence-corrected chi connectivity index (χ3v) is 5.59. The number of aromatic amines is 1. The van der Waals surface area contributed by atoms with Crippen LogP contribution in [-0.2, 0) is 6.54 Å². The van der Waals surface area contributed by atoms with Gasteiger partial charge in [-0.05, 0) is 42.7 Å². The molecule has 0 spiro atoms. The Morgan fingerprint density at radius 1 is 1.10 bits per heavy atom. The summed E-state index contributed by atoms with van der Waals surface area (Å²) < 4.78 is 0. The van der Waals surface area contributed by atoms with Gasteiger partial charge in [0.2, 0.25) is 0 Å². The first-order valence-electron chi connectivity index (χ1n) is 10.0. The van der Waals surface area contributed by atoms with Crippen LogP contribution in [0.5, 0.6) is 0 Å². The molecule has 1 fully saturated rings. The fourth-order valence-corrected chi connectivity index (χ4v) is 3.78. The first-order valence-corrected chi connectivity index (χ1v) is 10.4. The van der Waals surface area contributed by atoms with E-state index in [1.165, 1.54) is 11.8 Å². The first-order chi connectivity index (χ1) is 14.6. The molecule has 2 N–H and O–H groups in total. The zero-order chi connectivity index (χ0) is 20.9. The monoisotopic (exact) mass is 422 g/mol. The Morgan fingerprint density at radius 3 is 2.47 bits per heavy atom. The molecule has 1 saturated heterocycles. The molecule has 1 aliphatic rings. The summed E-state index contributed by atoms with van der Waals surface area (Å²) in [6.07, 6.45) is 3.04. The van der Waals surface area contributed by atoms with E-state index in [0.717, 1.165) is 38.0 Å². The van der Waals surface area contributed by atoms with Crippen molar-refractivity contribution in [2.24, 2.45) is 0 Å². The Bertz CT molecular complexity index is 1060. The van der Waals surface area contributed by atoms with Gasteiger partial charge in [-0.25, -0.2) is 4.98 Å². The lowest BCUT2D eigenvalue weighted by atomic mass is 10.0. The van der Waals surface area contributed by atoms with E-state index < -0.39 is 5.56 Å². The number of aromatic nitrogens is 2. The molecule has 0 atom stereocenters. The van der Waals surface area contributed by atoms with Crippen molar-refractivity contribution in [1.82, 2.24) is 20.2 Å². The van der Waals surface area contributed by atoms with Crippen molar-refractivity contribution in [2.45, 2.75) is 25.4 Å². The van der Waals surface area contributed by atoms with E-state index in [1.54, 1.807) is 24.3 Å². The van der Waals surface area contributed by atoms with Gasteiger partial charge in [0.1, 0.15) is 11.4 Å². The van der Waals surface area contributed by atoms with Crippen LogP contribution in [0, 0.1) is 0 Å². The third-order valence-electron chi connectivity index (χ3n) is 5.33. The molecule has 4 rings (SSSR count). The van der Waals surface area contributed by atoms with E-state index in [1.807, 2.05) is 18.2 Å². The predicted molar refractivity (Wildman–Crippen MR) is 118 cm³/mol. The maximum absolute atomic E-state index is 12.6. The average molecular weight is 423 g/mol. The van der Waals surface area contributed by atoms with Crippen molar-refractivity contribution in [1.29, 1.82) is 0 Å². The largest absolute Gasteiger partial charge is 0.349 e. The van der Waals surface area contributed by atoms with Gasteiger partial charge < -0.3 is 10.3 Å². The van der Waals surface area contributed by atoms with E-state index in [0.29, 0.717) is 10.8 Å². The Balaban J connectivity index is 1.34. The molecule has 3 aromatic rings. The number of H-pyrrole nitrogens is 1. The molecule has 2 heterocycles. The number of benzene rings is 2. The molecule has 1 amide bonds. The van der Waals surface area contributed by atoms with Crippen LogP contribution in [0.1, 0.15) is 28.8 Å². The zero-order valence-electron chi connectivity index (χ0n) is 16.5. The molecule has 6 nitrogen and oxygen atoms in total. The van der Waals surface area contributed by atoms with Gasteiger partial charge in [-0.15, -0.1) is 0 Å². The molecule has 7 heteroatoms. The summed E-state index contributed by atoms with van der Waals surface area (Å²) in [6.45, 7) is 2.73. The molecule has 1 aromatic heterocycles. The summed E-state index contributed by atoms with van der Waals surface area (Å²) >= 11 is 5.89. The van der Waals surface area contributed by atoms with Crippen LogP contribution in [0.2, 0.25) is 5.02 Å². The lowest BCUT2D eigenvalue weighted by Crippen LogP contribution is -2.45. The second-order valence-electron chi connectivity index (χ2n) is 7.49. The fourth-order valence-electron chi connectivity index (χ4n) is 3.65. The van der Waals surface area contributed by atoms with E-state index in [9.17, 15) is 9.59 Å². The molecule has 0 bridgehead atoms. The quantitative estimate of drug-likeness (QED) is 0.659. The topological polar surface area (TPSA) is 78.1 Å². The smallest absolute Gasteiger partial charge is 0.264 e. The average Bonchev–Trinajstić information content (AvgIpc) is 2.76. The summed E-state index contributed by atoms with van der Waals surface area (Å²) in [6, 6.07) is 17.4. The van der Waals surface area contributed by atoms with Crippen LogP contribution < -0.4 is 10.9 Å². The summed E-state index contributed by atoms with van der Waals surface area (Å²) in [7, 11) is 0. The van der Waals surface area contributed by atoms with Crippen LogP contribution >= 0.6 is 11.6 Å². The molecular weight excluding hydrogens is 400 g/mol. The molecule has 0 unspecified atom stereocenters. The highest BCUT2D eigenvalue weighted by Gasteiger charge is 2.22. The molecule has 0 aliphatic carbocycles. The number of likely N-dealkylation sites (tertiary alicyclic amines) is 1. The van der Waals surface area contributed by atoms with Crippen molar-refractivity contribution < 1.29 is 4.79 Å². The SMILES string of the molecule is O=C(NC1CCN(Cc2ccccc2)CC1)c1cnc(-c2ccc(Cl)cc2)[nH]c1=O.